The standard InChI is InChI=1S/C46H85NO6/c1-6-8-10-12-13-14-15-16-17-18-19-20-22-26-29-33-38-45(53-46(49)51-41-35-39-47(4)5)42-50-40-34-30-27-24-21-23-25-28-32-37-44(52-43(3)48)36-31-11-9-7-2/h13-14,16-17,28,32,44-45H,6-12,15,18-27,29-31,33-42H2,1-5H3/b14-13-,17-16-,32-28?/t44-,45-/m1/s1. The zero-order valence-corrected chi connectivity index (χ0v) is 35.4. The van der Waals surface area contributed by atoms with E-state index >= 15 is 0 Å². The quantitative estimate of drug-likeness (QED) is 0.0352. The highest BCUT2D eigenvalue weighted by molar-refractivity contribution is 5.66. The summed E-state index contributed by atoms with van der Waals surface area (Å²) in [5.74, 6) is -0.174. The monoisotopic (exact) mass is 748 g/mol. The van der Waals surface area contributed by atoms with Gasteiger partial charge in [-0.05, 0) is 97.6 Å². The lowest BCUT2D eigenvalue weighted by atomic mass is 10.1. The molecule has 0 spiro atoms. The van der Waals surface area contributed by atoms with Gasteiger partial charge in [-0.1, -0.05) is 134 Å². The Morgan fingerprint density at radius 3 is 1.66 bits per heavy atom. The molecule has 0 aromatic rings. The molecule has 0 radical (unpaired) electrons. The Morgan fingerprint density at radius 1 is 0.547 bits per heavy atom. The van der Waals surface area contributed by atoms with Crippen LogP contribution in [-0.2, 0) is 23.7 Å². The Labute approximate surface area is 328 Å². The first-order chi connectivity index (χ1) is 25.9. The lowest BCUT2D eigenvalue weighted by Gasteiger charge is -2.18. The Kier molecular flexibility index (Phi) is 39.4. The van der Waals surface area contributed by atoms with Crippen molar-refractivity contribution in [1.29, 1.82) is 0 Å². The zero-order valence-electron chi connectivity index (χ0n) is 35.4. The molecule has 0 saturated heterocycles. The predicted molar refractivity (Wildman–Crippen MR) is 225 cm³/mol. The molecule has 310 valence electrons. The van der Waals surface area contributed by atoms with Gasteiger partial charge in [0.15, 0.2) is 0 Å². The van der Waals surface area contributed by atoms with Gasteiger partial charge < -0.3 is 23.8 Å². The maximum Gasteiger partial charge on any atom is 0.508 e. The van der Waals surface area contributed by atoms with E-state index in [-0.39, 0.29) is 18.2 Å². The van der Waals surface area contributed by atoms with E-state index in [0.29, 0.717) is 19.8 Å². The van der Waals surface area contributed by atoms with Gasteiger partial charge in [-0.2, -0.15) is 0 Å². The lowest BCUT2D eigenvalue weighted by Crippen LogP contribution is -2.25. The van der Waals surface area contributed by atoms with Gasteiger partial charge in [-0.15, -0.1) is 0 Å². The molecule has 0 heterocycles. The number of esters is 1. The molecular formula is C46H85NO6. The molecular weight excluding hydrogens is 663 g/mol. The fourth-order valence-corrected chi connectivity index (χ4v) is 6.26. The van der Waals surface area contributed by atoms with Crippen LogP contribution >= 0.6 is 0 Å². The van der Waals surface area contributed by atoms with Crippen molar-refractivity contribution >= 4 is 12.1 Å². The summed E-state index contributed by atoms with van der Waals surface area (Å²) in [4.78, 5) is 25.9. The van der Waals surface area contributed by atoms with E-state index in [2.05, 4.69) is 55.2 Å². The minimum absolute atomic E-state index is 0.0205. The van der Waals surface area contributed by atoms with Crippen LogP contribution in [-0.4, -0.2) is 69.7 Å². The van der Waals surface area contributed by atoms with Gasteiger partial charge in [0.2, 0.25) is 0 Å². The van der Waals surface area contributed by atoms with Crippen molar-refractivity contribution in [1.82, 2.24) is 4.90 Å². The molecule has 0 bridgehead atoms. The van der Waals surface area contributed by atoms with Crippen LogP contribution in [0.5, 0.6) is 0 Å². The highest BCUT2D eigenvalue weighted by Crippen LogP contribution is 2.15. The average molecular weight is 748 g/mol. The third-order valence-corrected chi connectivity index (χ3v) is 9.45. The van der Waals surface area contributed by atoms with E-state index in [1.54, 1.807) is 0 Å². The van der Waals surface area contributed by atoms with E-state index in [1.807, 2.05) is 14.1 Å². The summed E-state index contributed by atoms with van der Waals surface area (Å²) in [5, 5.41) is 0. The molecule has 0 aliphatic heterocycles. The van der Waals surface area contributed by atoms with Crippen molar-refractivity contribution in [3.8, 4) is 0 Å². The number of carbonyl (C=O) groups excluding carboxylic acids is 2. The average Bonchev–Trinajstić information content (AvgIpc) is 3.13. The van der Waals surface area contributed by atoms with Crippen molar-refractivity contribution < 1.29 is 28.5 Å². The summed E-state index contributed by atoms with van der Waals surface area (Å²) in [5.41, 5.74) is 0. The number of carbonyl (C=O) groups is 2. The predicted octanol–water partition coefficient (Wildman–Crippen LogP) is 13.3. The number of hydrogen-bond donors (Lipinski definition) is 0. The van der Waals surface area contributed by atoms with Gasteiger partial charge in [0.25, 0.3) is 0 Å². The van der Waals surface area contributed by atoms with Gasteiger partial charge in [-0.25, -0.2) is 4.79 Å². The first-order valence-corrected chi connectivity index (χ1v) is 22.1. The molecule has 2 atom stereocenters. The molecule has 0 unspecified atom stereocenters. The fraction of sp³-hybridized carbons (Fsp3) is 0.826. The van der Waals surface area contributed by atoms with Crippen LogP contribution in [0.1, 0.15) is 194 Å². The molecule has 53 heavy (non-hydrogen) atoms. The largest absolute Gasteiger partial charge is 0.508 e. The SMILES string of the molecule is CCCCC/C=C\C/C=C\CCCCCCCC[C@H](COCCCCCCCCC=CC[C@@H](CCCCCC)OC(C)=O)OC(=O)OCCCN(C)C. The van der Waals surface area contributed by atoms with Gasteiger partial charge in [-0.3, -0.25) is 4.79 Å². The highest BCUT2D eigenvalue weighted by Gasteiger charge is 2.16. The van der Waals surface area contributed by atoms with Gasteiger partial charge >= 0.3 is 12.1 Å². The molecule has 0 aliphatic carbocycles. The lowest BCUT2D eigenvalue weighted by molar-refractivity contribution is -0.146. The summed E-state index contributed by atoms with van der Waals surface area (Å²) >= 11 is 0. The third kappa shape index (κ3) is 40.9. The highest BCUT2D eigenvalue weighted by atomic mass is 16.7. The van der Waals surface area contributed by atoms with E-state index in [1.165, 1.54) is 110 Å². The second kappa shape index (κ2) is 41.1. The van der Waals surface area contributed by atoms with Crippen LogP contribution in [0.15, 0.2) is 36.5 Å². The van der Waals surface area contributed by atoms with Crippen LogP contribution in [0.2, 0.25) is 0 Å². The van der Waals surface area contributed by atoms with E-state index < -0.39 is 6.16 Å². The fourth-order valence-electron chi connectivity index (χ4n) is 6.26. The number of nitrogens with zero attached hydrogens (tertiary/aromatic N) is 1. The summed E-state index contributed by atoms with van der Waals surface area (Å²) in [6.45, 7) is 8.37. The third-order valence-electron chi connectivity index (χ3n) is 9.45. The summed E-state index contributed by atoms with van der Waals surface area (Å²) in [6.07, 6.45) is 43.8. The first-order valence-electron chi connectivity index (χ1n) is 22.1. The maximum absolute atomic E-state index is 12.4. The summed E-state index contributed by atoms with van der Waals surface area (Å²) < 4.78 is 22.5. The first kappa shape index (κ1) is 50.9. The Balaban J connectivity index is 4.14. The molecule has 7 nitrogen and oxygen atoms in total. The molecule has 0 aromatic carbocycles. The minimum atomic E-state index is -0.570. The van der Waals surface area contributed by atoms with Crippen LogP contribution in [0.3, 0.4) is 0 Å². The van der Waals surface area contributed by atoms with Crippen molar-refractivity contribution in [2.75, 3.05) is 40.5 Å². The Bertz CT molecular complexity index is 885. The maximum atomic E-state index is 12.4. The molecule has 0 saturated carbocycles. The Hall–Kier alpha value is -2.12. The second-order valence-electron chi connectivity index (χ2n) is 15.1. The summed E-state index contributed by atoms with van der Waals surface area (Å²) in [6, 6.07) is 0. The molecule has 0 aliphatic rings. The number of hydrogen-bond acceptors (Lipinski definition) is 7. The topological polar surface area (TPSA) is 74.3 Å². The van der Waals surface area contributed by atoms with Crippen molar-refractivity contribution in [2.45, 2.75) is 206 Å². The molecule has 7 heteroatoms. The van der Waals surface area contributed by atoms with Crippen LogP contribution in [0.25, 0.3) is 0 Å². The smallest absolute Gasteiger partial charge is 0.462 e. The van der Waals surface area contributed by atoms with Gasteiger partial charge in [0.1, 0.15) is 12.2 Å². The number of unbranched alkanes of at least 4 members (excludes halogenated alkanes) is 18. The van der Waals surface area contributed by atoms with E-state index in [9.17, 15) is 9.59 Å². The van der Waals surface area contributed by atoms with Gasteiger partial charge in [0, 0.05) is 26.5 Å². The Morgan fingerprint density at radius 2 is 1.06 bits per heavy atom. The van der Waals surface area contributed by atoms with Crippen molar-refractivity contribution in [3.63, 3.8) is 0 Å². The molecule has 0 fully saturated rings. The summed E-state index contributed by atoms with van der Waals surface area (Å²) in [7, 11) is 4.03. The van der Waals surface area contributed by atoms with Gasteiger partial charge in [0.05, 0.1) is 13.2 Å². The molecule has 0 aromatic heterocycles. The second-order valence-corrected chi connectivity index (χ2v) is 15.1. The van der Waals surface area contributed by atoms with Crippen molar-refractivity contribution in [3.05, 3.63) is 36.5 Å². The van der Waals surface area contributed by atoms with E-state index in [0.717, 1.165) is 77.2 Å². The number of rotatable bonds is 39. The minimum Gasteiger partial charge on any atom is -0.462 e. The number of ether oxygens (including phenoxy) is 4. The van der Waals surface area contributed by atoms with Crippen LogP contribution < -0.4 is 0 Å². The van der Waals surface area contributed by atoms with Crippen molar-refractivity contribution in [2.24, 2.45) is 0 Å². The van der Waals surface area contributed by atoms with Crippen LogP contribution in [0, 0.1) is 0 Å². The molecule has 0 N–H and O–H groups in total. The van der Waals surface area contributed by atoms with E-state index in [4.69, 9.17) is 18.9 Å². The normalized spacial score (nSPS) is 13.1. The van der Waals surface area contributed by atoms with Crippen LogP contribution in [0.4, 0.5) is 4.79 Å². The molecule has 0 rings (SSSR count). The molecule has 0 amide bonds. The zero-order chi connectivity index (χ0) is 38.9. The number of allylic oxidation sites excluding steroid dienone is 5.